The smallest absolute Gasteiger partial charge is 0.0327 e. The zero-order valence-electron chi connectivity index (χ0n) is 9.47. The minimum atomic E-state index is 0.880. The predicted molar refractivity (Wildman–Crippen MR) is 81.4 cm³/mol. The topological polar surface area (TPSA) is 12.0 Å². The molecule has 1 heterocycles. The molecular formula is C13H13Br2NS. The largest absolute Gasteiger partial charge is 0.308 e. The summed E-state index contributed by atoms with van der Waals surface area (Å²) >= 11 is 8.90. The molecule has 0 spiro atoms. The molecule has 0 aliphatic carbocycles. The number of halogens is 2. The highest BCUT2D eigenvalue weighted by molar-refractivity contribution is 9.10. The Morgan fingerprint density at radius 3 is 2.59 bits per heavy atom. The molecule has 0 atom stereocenters. The van der Waals surface area contributed by atoms with Crippen LogP contribution in [0.25, 0.3) is 0 Å². The molecule has 0 radical (unpaired) electrons. The number of thiophene rings is 1. The third-order valence-electron chi connectivity index (χ3n) is 2.50. The Morgan fingerprint density at radius 2 is 1.94 bits per heavy atom. The highest BCUT2D eigenvalue weighted by Crippen LogP contribution is 2.23. The summed E-state index contributed by atoms with van der Waals surface area (Å²) in [5, 5.41) is 5.56. The van der Waals surface area contributed by atoms with Crippen molar-refractivity contribution in [3.05, 3.63) is 54.6 Å². The average Bonchev–Trinajstić information content (AvgIpc) is 2.68. The van der Waals surface area contributed by atoms with Crippen LogP contribution in [0.15, 0.2) is 38.6 Å². The van der Waals surface area contributed by atoms with Crippen LogP contribution in [0, 0.1) is 6.92 Å². The molecule has 2 rings (SSSR count). The van der Waals surface area contributed by atoms with Gasteiger partial charge in [-0.3, -0.25) is 0 Å². The molecular weight excluding hydrogens is 362 g/mol. The summed E-state index contributed by atoms with van der Waals surface area (Å²) in [5.74, 6) is 0. The van der Waals surface area contributed by atoms with Gasteiger partial charge in [-0.15, -0.1) is 11.3 Å². The van der Waals surface area contributed by atoms with Crippen LogP contribution in [-0.2, 0) is 13.1 Å². The van der Waals surface area contributed by atoms with Crippen LogP contribution in [0.2, 0.25) is 0 Å². The Balaban J connectivity index is 1.92. The molecule has 1 nitrogen and oxygen atoms in total. The van der Waals surface area contributed by atoms with Crippen LogP contribution in [-0.4, -0.2) is 0 Å². The molecule has 1 N–H and O–H groups in total. The standard InChI is InChI=1S/C13H13Br2NS/c1-9-2-3-10(12(15)6-9)7-16-8-13-11(14)4-5-17-13/h2-6,16H,7-8H2,1H3. The molecule has 1 aromatic carbocycles. The monoisotopic (exact) mass is 373 g/mol. The summed E-state index contributed by atoms with van der Waals surface area (Å²) in [7, 11) is 0. The number of nitrogens with one attached hydrogen (secondary N) is 1. The summed E-state index contributed by atoms with van der Waals surface area (Å²) in [5.41, 5.74) is 2.57. The quantitative estimate of drug-likeness (QED) is 0.804. The number of aryl methyl sites for hydroxylation is 1. The number of rotatable bonds is 4. The van der Waals surface area contributed by atoms with Gasteiger partial charge in [-0.1, -0.05) is 28.1 Å². The first kappa shape index (κ1) is 13.3. The fourth-order valence-electron chi connectivity index (χ4n) is 1.56. The van der Waals surface area contributed by atoms with Gasteiger partial charge in [0, 0.05) is 26.9 Å². The maximum absolute atomic E-state index is 3.59. The SMILES string of the molecule is Cc1ccc(CNCc2sccc2Br)c(Br)c1. The van der Waals surface area contributed by atoms with E-state index in [1.165, 1.54) is 24.9 Å². The van der Waals surface area contributed by atoms with Gasteiger partial charge in [0.15, 0.2) is 0 Å². The fraction of sp³-hybridized carbons (Fsp3) is 0.231. The van der Waals surface area contributed by atoms with E-state index in [9.17, 15) is 0 Å². The van der Waals surface area contributed by atoms with Crippen LogP contribution in [0.1, 0.15) is 16.0 Å². The summed E-state index contributed by atoms with van der Waals surface area (Å²) in [6, 6.07) is 8.54. The van der Waals surface area contributed by atoms with E-state index in [1.807, 2.05) is 0 Å². The van der Waals surface area contributed by atoms with E-state index in [-0.39, 0.29) is 0 Å². The normalized spacial score (nSPS) is 10.8. The molecule has 0 aliphatic heterocycles. The maximum Gasteiger partial charge on any atom is 0.0327 e. The zero-order valence-corrected chi connectivity index (χ0v) is 13.5. The second-order valence-corrected chi connectivity index (χ2v) is 6.60. The van der Waals surface area contributed by atoms with Gasteiger partial charge in [0.05, 0.1) is 0 Å². The average molecular weight is 375 g/mol. The number of hydrogen-bond acceptors (Lipinski definition) is 2. The summed E-state index contributed by atoms with van der Waals surface area (Å²) in [6.45, 7) is 3.88. The summed E-state index contributed by atoms with van der Waals surface area (Å²) < 4.78 is 2.37. The molecule has 0 aliphatic rings. The Labute approximate surface area is 123 Å². The van der Waals surface area contributed by atoms with Crippen LogP contribution < -0.4 is 5.32 Å². The van der Waals surface area contributed by atoms with E-state index >= 15 is 0 Å². The van der Waals surface area contributed by atoms with E-state index in [1.54, 1.807) is 11.3 Å². The van der Waals surface area contributed by atoms with Gasteiger partial charge < -0.3 is 5.32 Å². The minimum absolute atomic E-state index is 0.880. The number of hydrogen-bond donors (Lipinski definition) is 1. The van der Waals surface area contributed by atoms with Gasteiger partial charge in [-0.25, -0.2) is 0 Å². The molecule has 0 fully saturated rings. The summed E-state index contributed by atoms with van der Waals surface area (Å²) in [4.78, 5) is 1.34. The molecule has 0 saturated carbocycles. The van der Waals surface area contributed by atoms with Gasteiger partial charge in [0.1, 0.15) is 0 Å². The Bertz CT molecular complexity index is 508. The van der Waals surface area contributed by atoms with Crippen molar-refractivity contribution in [2.24, 2.45) is 0 Å². The summed E-state index contributed by atoms with van der Waals surface area (Å²) in [6.07, 6.45) is 0. The van der Waals surface area contributed by atoms with E-state index in [4.69, 9.17) is 0 Å². The Kier molecular flexibility index (Phi) is 4.79. The first-order valence-corrected chi connectivity index (χ1v) is 7.81. The lowest BCUT2D eigenvalue weighted by Gasteiger charge is -2.07. The molecule has 0 saturated heterocycles. The molecule has 0 bridgehead atoms. The molecule has 2 aromatic rings. The van der Waals surface area contributed by atoms with E-state index in [0.29, 0.717) is 0 Å². The van der Waals surface area contributed by atoms with Gasteiger partial charge in [-0.05, 0) is 51.5 Å². The van der Waals surface area contributed by atoms with Crippen molar-refractivity contribution < 1.29 is 0 Å². The molecule has 1 aromatic heterocycles. The lowest BCUT2D eigenvalue weighted by atomic mass is 10.1. The van der Waals surface area contributed by atoms with Crippen LogP contribution in [0.5, 0.6) is 0 Å². The Hall–Kier alpha value is -0.160. The van der Waals surface area contributed by atoms with E-state index in [2.05, 4.69) is 73.7 Å². The van der Waals surface area contributed by atoms with E-state index < -0.39 is 0 Å². The first-order chi connectivity index (χ1) is 8.16. The third-order valence-corrected chi connectivity index (χ3v) is 5.17. The van der Waals surface area contributed by atoms with Crippen molar-refractivity contribution in [1.29, 1.82) is 0 Å². The van der Waals surface area contributed by atoms with Crippen LogP contribution in [0.4, 0.5) is 0 Å². The predicted octanol–water partition coefficient (Wildman–Crippen LogP) is 4.87. The molecule has 90 valence electrons. The van der Waals surface area contributed by atoms with Crippen molar-refractivity contribution in [3.8, 4) is 0 Å². The second-order valence-electron chi connectivity index (χ2n) is 3.89. The highest BCUT2D eigenvalue weighted by atomic mass is 79.9. The fourth-order valence-corrected chi connectivity index (χ4v) is 3.65. The first-order valence-electron chi connectivity index (χ1n) is 5.34. The lowest BCUT2D eigenvalue weighted by molar-refractivity contribution is 0.697. The third kappa shape index (κ3) is 3.65. The van der Waals surface area contributed by atoms with E-state index in [0.717, 1.165) is 13.1 Å². The van der Waals surface area contributed by atoms with Crippen molar-refractivity contribution in [2.45, 2.75) is 20.0 Å². The molecule has 0 amide bonds. The lowest BCUT2D eigenvalue weighted by Crippen LogP contribution is -2.12. The Morgan fingerprint density at radius 1 is 1.12 bits per heavy atom. The van der Waals surface area contributed by atoms with Gasteiger partial charge in [0.25, 0.3) is 0 Å². The molecule has 0 unspecified atom stereocenters. The van der Waals surface area contributed by atoms with Crippen molar-refractivity contribution in [1.82, 2.24) is 5.32 Å². The molecule has 17 heavy (non-hydrogen) atoms. The van der Waals surface area contributed by atoms with Gasteiger partial charge in [0.2, 0.25) is 0 Å². The minimum Gasteiger partial charge on any atom is -0.308 e. The van der Waals surface area contributed by atoms with Gasteiger partial charge >= 0.3 is 0 Å². The zero-order chi connectivity index (χ0) is 12.3. The van der Waals surface area contributed by atoms with Crippen LogP contribution >= 0.6 is 43.2 Å². The maximum atomic E-state index is 3.59. The van der Waals surface area contributed by atoms with Crippen LogP contribution in [0.3, 0.4) is 0 Å². The van der Waals surface area contributed by atoms with Crippen molar-refractivity contribution in [3.63, 3.8) is 0 Å². The van der Waals surface area contributed by atoms with Gasteiger partial charge in [-0.2, -0.15) is 0 Å². The van der Waals surface area contributed by atoms with Crippen molar-refractivity contribution >= 4 is 43.2 Å². The molecule has 4 heteroatoms. The highest BCUT2D eigenvalue weighted by Gasteiger charge is 2.02. The number of benzene rings is 1. The second kappa shape index (κ2) is 6.14. The van der Waals surface area contributed by atoms with Crippen molar-refractivity contribution in [2.75, 3.05) is 0 Å².